The number of nitrogens with zero attached hydrogens (tertiary/aromatic N) is 1. The summed E-state index contributed by atoms with van der Waals surface area (Å²) in [6.45, 7) is 3.21. The molecule has 0 amide bonds. The third-order valence-corrected chi connectivity index (χ3v) is 5.38. The molecule has 0 aliphatic rings. The molecule has 3 rings (SSSR count). The lowest BCUT2D eigenvalue weighted by molar-refractivity contribution is 0.474. The van der Waals surface area contributed by atoms with Gasteiger partial charge in [0.25, 0.3) is 0 Å². The van der Waals surface area contributed by atoms with E-state index in [1.165, 1.54) is 57.8 Å². The lowest BCUT2D eigenvalue weighted by Crippen LogP contribution is -2.01. The molecule has 0 bridgehead atoms. The summed E-state index contributed by atoms with van der Waals surface area (Å²) < 4.78 is 5.80. The molecule has 0 radical (unpaired) electrons. The summed E-state index contributed by atoms with van der Waals surface area (Å²) in [5.41, 5.74) is 3.13. The number of nitrogens with one attached hydrogen (secondary N) is 1. The second kappa shape index (κ2) is 11.5. The van der Waals surface area contributed by atoms with Crippen LogP contribution in [0.25, 0.3) is 22.6 Å². The van der Waals surface area contributed by atoms with E-state index in [-0.39, 0.29) is 5.75 Å². The Morgan fingerprint density at radius 1 is 0.862 bits per heavy atom. The van der Waals surface area contributed by atoms with Crippen molar-refractivity contribution < 1.29 is 9.52 Å². The molecule has 0 saturated carbocycles. The quantitative estimate of drug-likeness (QED) is 0.232. The molecule has 0 saturated heterocycles. The molecule has 0 aliphatic carbocycles. The van der Waals surface area contributed by atoms with Crippen molar-refractivity contribution in [2.24, 2.45) is 0 Å². The Morgan fingerprint density at radius 3 is 2.28 bits per heavy atom. The topological polar surface area (TPSA) is 58.3 Å². The van der Waals surface area contributed by atoms with E-state index in [4.69, 9.17) is 4.42 Å². The molecule has 0 atom stereocenters. The zero-order valence-electron chi connectivity index (χ0n) is 17.6. The average molecular weight is 395 g/mol. The van der Waals surface area contributed by atoms with E-state index >= 15 is 0 Å². The first-order valence-corrected chi connectivity index (χ1v) is 11.2. The summed E-state index contributed by atoms with van der Waals surface area (Å²) in [7, 11) is 0. The van der Waals surface area contributed by atoms with Crippen LogP contribution in [0.2, 0.25) is 0 Å². The minimum atomic E-state index is 0.182. The van der Waals surface area contributed by atoms with E-state index in [1.807, 2.05) is 36.4 Å². The largest absolute Gasteiger partial charge is 0.507 e. The second-order valence-electron chi connectivity index (χ2n) is 7.83. The molecule has 4 nitrogen and oxygen atoms in total. The SMILES string of the molecule is CCCCCCCCCCCCNc1ccc(O)c(-c2nc3ccccc3o2)c1. The Bertz CT molecular complexity index is 839. The van der Waals surface area contributed by atoms with Crippen molar-refractivity contribution in [1.29, 1.82) is 0 Å². The Morgan fingerprint density at radius 2 is 1.55 bits per heavy atom. The van der Waals surface area contributed by atoms with Crippen LogP contribution in [-0.4, -0.2) is 16.6 Å². The van der Waals surface area contributed by atoms with Crippen molar-refractivity contribution in [3.63, 3.8) is 0 Å². The van der Waals surface area contributed by atoms with E-state index in [2.05, 4.69) is 17.2 Å². The Kier molecular flexibility index (Phi) is 8.41. The Labute approximate surface area is 174 Å². The lowest BCUT2D eigenvalue weighted by Gasteiger charge is -2.09. The van der Waals surface area contributed by atoms with Gasteiger partial charge in [-0.3, -0.25) is 0 Å². The van der Waals surface area contributed by atoms with Crippen LogP contribution in [0, 0.1) is 0 Å². The summed E-state index contributed by atoms with van der Waals surface area (Å²) in [5.74, 6) is 0.632. The smallest absolute Gasteiger partial charge is 0.231 e. The van der Waals surface area contributed by atoms with E-state index < -0.39 is 0 Å². The molecule has 2 aromatic carbocycles. The van der Waals surface area contributed by atoms with Crippen LogP contribution in [0.1, 0.15) is 71.1 Å². The van der Waals surface area contributed by atoms with Gasteiger partial charge in [0.15, 0.2) is 5.58 Å². The van der Waals surface area contributed by atoms with Crippen LogP contribution in [0.3, 0.4) is 0 Å². The fourth-order valence-electron chi connectivity index (χ4n) is 3.65. The number of para-hydroxylation sites is 2. The number of aromatic nitrogens is 1. The summed E-state index contributed by atoms with van der Waals surface area (Å²) in [6, 6.07) is 13.2. The summed E-state index contributed by atoms with van der Waals surface area (Å²) in [6.07, 6.45) is 13.4. The zero-order chi connectivity index (χ0) is 20.3. The highest BCUT2D eigenvalue weighted by molar-refractivity contribution is 5.78. The van der Waals surface area contributed by atoms with Gasteiger partial charge < -0.3 is 14.8 Å². The molecule has 1 heterocycles. The fraction of sp³-hybridized carbons (Fsp3) is 0.480. The molecule has 0 aliphatic heterocycles. The average Bonchev–Trinajstić information content (AvgIpc) is 3.17. The molecule has 2 N–H and O–H groups in total. The van der Waals surface area contributed by atoms with Gasteiger partial charge in [-0.1, -0.05) is 76.8 Å². The van der Waals surface area contributed by atoms with Crippen molar-refractivity contribution >= 4 is 16.8 Å². The van der Waals surface area contributed by atoms with Gasteiger partial charge >= 0.3 is 0 Å². The number of unbranched alkanes of at least 4 members (excludes halogenated alkanes) is 9. The first kappa shape index (κ1) is 21.2. The molecule has 1 aromatic heterocycles. The molecule has 0 spiro atoms. The molecular weight excluding hydrogens is 360 g/mol. The van der Waals surface area contributed by atoms with Crippen molar-refractivity contribution in [3.05, 3.63) is 42.5 Å². The summed E-state index contributed by atoms with van der Waals surface area (Å²) in [5, 5.41) is 13.7. The number of aromatic hydroxyl groups is 1. The van der Waals surface area contributed by atoms with Gasteiger partial charge in [0, 0.05) is 12.2 Å². The highest BCUT2D eigenvalue weighted by Crippen LogP contribution is 2.33. The van der Waals surface area contributed by atoms with Crippen molar-refractivity contribution in [3.8, 4) is 17.2 Å². The number of benzene rings is 2. The maximum absolute atomic E-state index is 10.2. The van der Waals surface area contributed by atoms with E-state index in [0.717, 1.165) is 29.8 Å². The van der Waals surface area contributed by atoms with E-state index in [1.54, 1.807) is 6.07 Å². The van der Waals surface area contributed by atoms with Gasteiger partial charge in [-0.2, -0.15) is 0 Å². The number of anilines is 1. The number of fused-ring (bicyclic) bond motifs is 1. The van der Waals surface area contributed by atoms with Crippen LogP contribution in [-0.2, 0) is 0 Å². The van der Waals surface area contributed by atoms with Gasteiger partial charge in [-0.15, -0.1) is 0 Å². The molecule has 4 heteroatoms. The second-order valence-corrected chi connectivity index (χ2v) is 7.83. The number of hydrogen-bond acceptors (Lipinski definition) is 4. The number of phenolic OH excluding ortho intramolecular Hbond substituents is 1. The number of hydrogen-bond donors (Lipinski definition) is 2. The normalized spacial score (nSPS) is 11.2. The van der Waals surface area contributed by atoms with Gasteiger partial charge in [0.1, 0.15) is 11.3 Å². The highest BCUT2D eigenvalue weighted by atomic mass is 16.3. The maximum atomic E-state index is 10.2. The maximum Gasteiger partial charge on any atom is 0.231 e. The first-order valence-electron chi connectivity index (χ1n) is 11.2. The van der Waals surface area contributed by atoms with Crippen LogP contribution in [0.4, 0.5) is 5.69 Å². The van der Waals surface area contributed by atoms with Gasteiger partial charge in [-0.25, -0.2) is 4.98 Å². The molecule has 3 aromatic rings. The number of rotatable bonds is 13. The monoisotopic (exact) mass is 394 g/mol. The van der Waals surface area contributed by atoms with Crippen LogP contribution in [0.15, 0.2) is 46.9 Å². The van der Waals surface area contributed by atoms with E-state index in [9.17, 15) is 5.11 Å². The van der Waals surface area contributed by atoms with Crippen LogP contribution in [0.5, 0.6) is 5.75 Å². The van der Waals surface area contributed by atoms with Crippen molar-refractivity contribution in [1.82, 2.24) is 4.98 Å². The fourth-order valence-corrected chi connectivity index (χ4v) is 3.65. The Hall–Kier alpha value is -2.49. The summed E-state index contributed by atoms with van der Waals surface area (Å²) in [4.78, 5) is 4.49. The van der Waals surface area contributed by atoms with Crippen LogP contribution < -0.4 is 5.32 Å². The van der Waals surface area contributed by atoms with Crippen LogP contribution >= 0.6 is 0 Å². The predicted molar refractivity (Wildman–Crippen MR) is 121 cm³/mol. The van der Waals surface area contributed by atoms with Crippen molar-refractivity contribution in [2.45, 2.75) is 71.1 Å². The summed E-state index contributed by atoms with van der Waals surface area (Å²) >= 11 is 0. The molecule has 29 heavy (non-hydrogen) atoms. The third-order valence-electron chi connectivity index (χ3n) is 5.38. The molecule has 0 unspecified atom stereocenters. The first-order chi connectivity index (χ1) is 14.3. The van der Waals surface area contributed by atoms with Gasteiger partial charge in [0.2, 0.25) is 5.89 Å². The molecule has 0 fully saturated rings. The van der Waals surface area contributed by atoms with Gasteiger partial charge in [-0.05, 0) is 36.8 Å². The number of phenols is 1. The Balaban J connectivity index is 1.40. The predicted octanol–water partition coefficient (Wildman–Crippen LogP) is 7.53. The zero-order valence-corrected chi connectivity index (χ0v) is 17.6. The van der Waals surface area contributed by atoms with E-state index in [0.29, 0.717) is 11.5 Å². The minimum absolute atomic E-state index is 0.182. The minimum Gasteiger partial charge on any atom is -0.507 e. The standard InChI is InChI=1S/C25H34N2O2/c1-2-3-4-5-6-7-8-9-10-13-18-26-20-16-17-23(28)21(19-20)25-27-22-14-11-12-15-24(22)29-25/h11-12,14-17,19,26,28H,2-10,13,18H2,1H3. The number of oxazole rings is 1. The van der Waals surface area contributed by atoms with Crippen molar-refractivity contribution in [2.75, 3.05) is 11.9 Å². The highest BCUT2D eigenvalue weighted by Gasteiger charge is 2.12. The lowest BCUT2D eigenvalue weighted by atomic mass is 10.1. The third kappa shape index (κ3) is 6.52. The van der Waals surface area contributed by atoms with Gasteiger partial charge in [0.05, 0.1) is 5.56 Å². The molecule has 156 valence electrons. The molecular formula is C25H34N2O2.